The predicted molar refractivity (Wildman–Crippen MR) is 66.3 cm³/mol. The molecule has 0 heterocycles. The number of rotatable bonds is 8. The zero-order valence-electron chi connectivity index (χ0n) is 10.3. The van der Waals surface area contributed by atoms with Crippen molar-refractivity contribution >= 4 is 17.7 Å². The molecule has 0 spiro atoms. The third kappa shape index (κ3) is 7.68. The second-order valence-electron chi connectivity index (χ2n) is 3.79. The molecule has 0 N–H and O–H groups in total. The van der Waals surface area contributed by atoms with Crippen LogP contribution in [0, 0.1) is 0 Å². The topological polar surface area (TPSA) is 29.5 Å². The molecule has 1 unspecified atom stereocenters. The van der Waals surface area contributed by atoms with Crippen LogP contribution in [-0.4, -0.2) is 49.6 Å². The van der Waals surface area contributed by atoms with Crippen LogP contribution in [0.3, 0.4) is 0 Å². The Labute approximate surface area is 97.5 Å². The molecule has 15 heavy (non-hydrogen) atoms. The van der Waals surface area contributed by atoms with Gasteiger partial charge in [0.1, 0.15) is 0 Å². The first kappa shape index (κ1) is 14.8. The van der Waals surface area contributed by atoms with Crippen molar-refractivity contribution in [3.8, 4) is 0 Å². The van der Waals surface area contributed by atoms with Crippen molar-refractivity contribution in [1.29, 1.82) is 0 Å². The molecule has 0 fully saturated rings. The van der Waals surface area contributed by atoms with Crippen LogP contribution >= 0.6 is 11.8 Å². The van der Waals surface area contributed by atoms with E-state index in [-0.39, 0.29) is 5.97 Å². The Balaban J connectivity index is 3.54. The van der Waals surface area contributed by atoms with E-state index in [0.717, 1.165) is 13.0 Å². The predicted octanol–water partition coefficient (Wildman–Crippen LogP) is 2.01. The summed E-state index contributed by atoms with van der Waals surface area (Å²) in [6, 6.07) is 0.593. The number of carbonyl (C=O) groups is 1. The average molecular weight is 233 g/mol. The van der Waals surface area contributed by atoms with Gasteiger partial charge < -0.3 is 9.64 Å². The zero-order valence-corrected chi connectivity index (χ0v) is 11.1. The van der Waals surface area contributed by atoms with Crippen molar-refractivity contribution in [2.24, 2.45) is 0 Å². The molecule has 1 atom stereocenters. The smallest absolute Gasteiger partial charge is 0.305 e. The number of carbonyl (C=O) groups excluding carboxylic acids is 1. The number of hydrogen-bond donors (Lipinski definition) is 0. The lowest BCUT2D eigenvalue weighted by molar-refractivity contribution is -0.140. The van der Waals surface area contributed by atoms with Crippen LogP contribution in [0.15, 0.2) is 0 Å². The molecule has 0 bridgehead atoms. The Morgan fingerprint density at radius 2 is 2.20 bits per heavy atom. The quantitative estimate of drug-likeness (QED) is 0.600. The molecule has 0 aliphatic heterocycles. The van der Waals surface area contributed by atoms with Gasteiger partial charge in [-0.15, -0.1) is 0 Å². The van der Waals surface area contributed by atoms with Crippen LogP contribution in [0.1, 0.15) is 26.2 Å². The van der Waals surface area contributed by atoms with Gasteiger partial charge in [0.05, 0.1) is 7.11 Å². The number of esters is 1. The number of ether oxygens (including phenoxy) is 1. The van der Waals surface area contributed by atoms with E-state index in [4.69, 9.17) is 0 Å². The fraction of sp³-hybridized carbons (Fsp3) is 0.909. The Bertz CT molecular complexity index is 176. The lowest BCUT2D eigenvalue weighted by Gasteiger charge is -2.24. The van der Waals surface area contributed by atoms with E-state index >= 15 is 0 Å². The van der Waals surface area contributed by atoms with E-state index in [2.05, 4.69) is 29.9 Å². The van der Waals surface area contributed by atoms with Gasteiger partial charge in [0, 0.05) is 12.5 Å². The molecule has 0 aromatic heterocycles. The lowest BCUT2D eigenvalue weighted by Crippen LogP contribution is -2.30. The summed E-state index contributed by atoms with van der Waals surface area (Å²) in [6.45, 7) is 3.19. The van der Waals surface area contributed by atoms with Crippen LogP contribution in [0.4, 0.5) is 0 Å². The summed E-state index contributed by atoms with van der Waals surface area (Å²) >= 11 is 1.88. The molecule has 0 rings (SSSR count). The molecular weight excluding hydrogens is 210 g/mol. The van der Waals surface area contributed by atoms with E-state index in [1.54, 1.807) is 0 Å². The minimum atomic E-state index is -0.111. The minimum absolute atomic E-state index is 0.111. The first-order valence-electron chi connectivity index (χ1n) is 5.37. The molecule has 0 aliphatic carbocycles. The third-order valence-corrected chi connectivity index (χ3v) is 3.26. The van der Waals surface area contributed by atoms with E-state index < -0.39 is 0 Å². The average Bonchev–Trinajstić information content (AvgIpc) is 2.25. The number of methoxy groups -OCH3 is 1. The first-order valence-corrected chi connectivity index (χ1v) is 6.77. The SMILES string of the molecule is COC(=O)CCCN(C)C(C)CCSC. The summed E-state index contributed by atoms with van der Waals surface area (Å²) in [5.74, 6) is 1.09. The molecule has 0 aromatic carbocycles. The van der Waals surface area contributed by atoms with E-state index in [1.165, 1.54) is 19.3 Å². The van der Waals surface area contributed by atoms with Crippen LogP contribution in [0.25, 0.3) is 0 Å². The highest BCUT2D eigenvalue weighted by Gasteiger charge is 2.09. The first-order chi connectivity index (χ1) is 7.11. The summed E-state index contributed by atoms with van der Waals surface area (Å²) in [4.78, 5) is 13.2. The molecule has 0 radical (unpaired) electrons. The van der Waals surface area contributed by atoms with Crippen molar-refractivity contribution in [2.45, 2.75) is 32.2 Å². The summed E-state index contributed by atoms with van der Waals surface area (Å²) in [6.07, 6.45) is 4.74. The maximum absolute atomic E-state index is 10.9. The fourth-order valence-corrected chi connectivity index (χ4v) is 1.88. The molecule has 4 heteroatoms. The van der Waals surface area contributed by atoms with Crippen LogP contribution < -0.4 is 0 Å². The standard InChI is InChI=1S/C11H23NO2S/c1-10(7-9-15-4)12(2)8-5-6-11(13)14-3/h10H,5-9H2,1-4H3. The second kappa shape index (κ2) is 9.04. The maximum Gasteiger partial charge on any atom is 0.305 e. The van der Waals surface area contributed by atoms with Gasteiger partial charge in [-0.2, -0.15) is 11.8 Å². The van der Waals surface area contributed by atoms with Gasteiger partial charge in [-0.3, -0.25) is 4.79 Å². The molecular formula is C11H23NO2S. The normalized spacial score (nSPS) is 12.9. The molecule has 0 aromatic rings. The van der Waals surface area contributed by atoms with Crippen molar-refractivity contribution < 1.29 is 9.53 Å². The van der Waals surface area contributed by atoms with Gasteiger partial charge in [-0.05, 0) is 45.4 Å². The highest BCUT2D eigenvalue weighted by atomic mass is 32.2. The van der Waals surface area contributed by atoms with Gasteiger partial charge in [-0.25, -0.2) is 0 Å². The summed E-state index contributed by atoms with van der Waals surface area (Å²) in [5, 5.41) is 0. The van der Waals surface area contributed by atoms with Crippen LogP contribution in [-0.2, 0) is 9.53 Å². The van der Waals surface area contributed by atoms with Crippen molar-refractivity contribution in [1.82, 2.24) is 4.90 Å². The Morgan fingerprint density at radius 1 is 1.53 bits per heavy atom. The summed E-state index contributed by atoms with van der Waals surface area (Å²) in [7, 11) is 3.55. The van der Waals surface area contributed by atoms with E-state index in [0.29, 0.717) is 12.5 Å². The van der Waals surface area contributed by atoms with Crippen molar-refractivity contribution in [3.63, 3.8) is 0 Å². The maximum atomic E-state index is 10.9. The molecule has 0 aliphatic rings. The Kier molecular flexibility index (Phi) is 8.91. The lowest BCUT2D eigenvalue weighted by atomic mass is 10.2. The van der Waals surface area contributed by atoms with Crippen molar-refractivity contribution in [2.75, 3.05) is 32.7 Å². The van der Waals surface area contributed by atoms with Gasteiger partial charge in [-0.1, -0.05) is 0 Å². The van der Waals surface area contributed by atoms with Gasteiger partial charge in [0.15, 0.2) is 0 Å². The third-order valence-electron chi connectivity index (χ3n) is 2.61. The zero-order chi connectivity index (χ0) is 11.7. The number of thioether (sulfide) groups is 1. The fourth-order valence-electron chi connectivity index (χ4n) is 1.30. The molecule has 0 amide bonds. The van der Waals surface area contributed by atoms with E-state index in [1.807, 2.05) is 11.8 Å². The molecule has 3 nitrogen and oxygen atoms in total. The Morgan fingerprint density at radius 3 is 2.73 bits per heavy atom. The van der Waals surface area contributed by atoms with Gasteiger partial charge >= 0.3 is 5.97 Å². The largest absolute Gasteiger partial charge is 0.469 e. The number of hydrogen-bond acceptors (Lipinski definition) is 4. The summed E-state index contributed by atoms with van der Waals surface area (Å²) in [5.41, 5.74) is 0. The van der Waals surface area contributed by atoms with Crippen LogP contribution in [0.2, 0.25) is 0 Å². The second-order valence-corrected chi connectivity index (χ2v) is 4.78. The minimum Gasteiger partial charge on any atom is -0.469 e. The van der Waals surface area contributed by atoms with Crippen LogP contribution in [0.5, 0.6) is 0 Å². The monoisotopic (exact) mass is 233 g/mol. The van der Waals surface area contributed by atoms with Gasteiger partial charge in [0.2, 0.25) is 0 Å². The molecule has 0 saturated heterocycles. The van der Waals surface area contributed by atoms with E-state index in [9.17, 15) is 4.79 Å². The molecule has 90 valence electrons. The number of nitrogens with zero attached hydrogens (tertiary/aromatic N) is 1. The highest BCUT2D eigenvalue weighted by Crippen LogP contribution is 2.07. The van der Waals surface area contributed by atoms with Gasteiger partial charge in [0.25, 0.3) is 0 Å². The van der Waals surface area contributed by atoms with Crippen molar-refractivity contribution in [3.05, 3.63) is 0 Å². The summed E-state index contributed by atoms with van der Waals surface area (Å²) < 4.78 is 4.60. The highest BCUT2D eigenvalue weighted by molar-refractivity contribution is 7.98. The Hall–Kier alpha value is -0.220. The molecule has 0 saturated carbocycles.